The van der Waals surface area contributed by atoms with E-state index in [0.717, 1.165) is 30.9 Å². The van der Waals surface area contributed by atoms with Crippen LogP contribution in [0.15, 0.2) is 36.7 Å². The molecule has 3 N–H and O–H groups in total. The van der Waals surface area contributed by atoms with Crippen LogP contribution in [0.4, 0.5) is 23.0 Å². The van der Waals surface area contributed by atoms with Gasteiger partial charge < -0.3 is 16.0 Å². The SMILES string of the molecule is CCCCN(C)c1ncnc(Nc2ccccc2)c1N. The van der Waals surface area contributed by atoms with Crippen LogP contribution in [0.2, 0.25) is 0 Å². The minimum absolute atomic E-state index is 0.579. The number of unbranched alkanes of at least 4 members (excludes halogenated alkanes) is 1. The van der Waals surface area contributed by atoms with Crippen LogP contribution in [-0.2, 0) is 0 Å². The molecule has 0 aliphatic carbocycles. The topological polar surface area (TPSA) is 67.1 Å². The Morgan fingerprint density at radius 1 is 1.20 bits per heavy atom. The molecule has 106 valence electrons. The first-order valence-electron chi connectivity index (χ1n) is 6.86. The lowest BCUT2D eigenvalue weighted by molar-refractivity contribution is 0.759. The van der Waals surface area contributed by atoms with Gasteiger partial charge in [0.25, 0.3) is 0 Å². The predicted molar refractivity (Wildman–Crippen MR) is 84.3 cm³/mol. The van der Waals surface area contributed by atoms with E-state index in [2.05, 4.69) is 27.1 Å². The minimum atomic E-state index is 0.579. The van der Waals surface area contributed by atoms with Crippen molar-refractivity contribution in [3.05, 3.63) is 36.7 Å². The summed E-state index contributed by atoms with van der Waals surface area (Å²) in [7, 11) is 2.00. The number of para-hydroxylation sites is 1. The number of aromatic nitrogens is 2. The monoisotopic (exact) mass is 271 g/mol. The summed E-state index contributed by atoms with van der Waals surface area (Å²) in [5.74, 6) is 1.41. The number of hydrogen-bond donors (Lipinski definition) is 2. The molecule has 0 aliphatic heterocycles. The second-order valence-corrected chi connectivity index (χ2v) is 4.73. The van der Waals surface area contributed by atoms with Gasteiger partial charge >= 0.3 is 0 Å². The molecular formula is C15H21N5. The fraction of sp³-hybridized carbons (Fsp3) is 0.333. The number of nitrogens with one attached hydrogen (secondary N) is 1. The summed E-state index contributed by atoms with van der Waals surface area (Å²) in [5, 5.41) is 3.22. The van der Waals surface area contributed by atoms with Crippen molar-refractivity contribution < 1.29 is 0 Å². The maximum absolute atomic E-state index is 6.17. The summed E-state index contributed by atoms with van der Waals surface area (Å²) < 4.78 is 0. The average molecular weight is 271 g/mol. The Hall–Kier alpha value is -2.30. The third-order valence-corrected chi connectivity index (χ3v) is 3.11. The predicted octanol–water partition coefficient (Wildman–Crippen LogP) is 3.04. The summed E-state index contributed by atoms with van der Waals surface area (Å²) in [5.41, 5.74) is 7.71. The summed E-state index contributed by atoms with van der Waals surface area (Å²) in [4.78, 5) is 10.6. The van der Waals surface area contributed by atoms with Crippen LogP contribution in [0, 0.1) is 0 Å². The molecule has 0 aliphatic rings. The first-order chi connectivity index (χ1) is 9.72. The second kappa shape index (κ2) is 6.75. The number of nitrogen functional groups attached to an aromatic ring is 1. The zero-order valence-electron chi connectivity index (χ0n) is 12.0. The van der Waals surface area contributed by atoms with Crippen LogP contribution in [0.1, 0.15) is 19.8 Å². The molecule has 5 nitrogen and oxygen atoms in total. The van der Waals surface area contributed by atoms with Crippen LogP contribution in [0.5, 0.6) is 0 Å². The third kappa shape index (κ3) is 3.38. The van der Waals surface area contributed by atoms with E-state index in [-0.39, 0.29) is 0 Å². The molecule has 0 saturated carbocycles. The van der Waals surface area contributed by atoms with Crippen LogP contribution < -0.4 is 16.0 Å². The van der Waals surface area contributed by atoms with Gasteiger partial charge in [0, 0.05) is 19.3 Å². The minimum Gasteiger partial charge on any atom is -0.393 e. The summed E-state index contributed by atoms with van der Waals surface area (Å²) in [6, 6.07) is 9.85. The fourth-order valence-electron chi connectivity index (χ4n) is 1.95. The molecule has 0 bridgehead atoms. The van der Waals surface area contributed by atoms with E-state index in [1.807, 2.05) is 37.4 Å². The van der Waals surface area contributed by atoms with Gasteiger partial charge in [-0.25, -0.2) is 9.97 Å². The summed E-state index contributed by atoms with van der Waals surface area (Å²) >= 11 is 0. The van der Waals surface area contributed by atoms with Gasteiger partial charge in [-0.2, -0.15) is 0 Å². The maximum atomic E-state index is 6.17. The van der Waals surface area contributed by atoms with Crippen molar-refractivity contribution in [3.63, 3.8) is 0 Å². The molecule has 0 amide bonds. The van der Waals surface area contributed by atoms with Crippen molar-refractivity contribution in [3.8, 4) is 0 Å². The highest BCUT2D eigenvalue weighted by molar-refractivity contribution is 5.78. The highest BCUT2D eigenvalue weighted by Crippen LogP contribution is 2.27. The van der Waals surface area contributed by atoms with Crippen molar-refractivity contribution in [2.24, 2.45) is 0 Å². The molecule has 0 unspecified atom stereocenters. The molecule has 0 atom stereocenters. The molecule has 1 aromatic heterocycles. The lowest BCUT2D eigenvalue weighted by atomic mass is 10.3. The normalized spacial score (nSPS) is 10.3. The molecule has 1 heterocycles. The van der Waals surface area contributed by atoms with E-state index in [4.69, 9.17) is 5.73 Å². The quantitative estimate of drug-likeness (QED) is 0.845. The standard InChI is InChI=1S/C15H21N5/c1-3-4-10-20(2)15-13(16)14(17-11-18-15)19-12-8-6-5-7-9-12/h5-9,11H,3-4,10,16H2,1-2H3,(H,17,18,19). The highest BCUT2D eigenvalue weighted by atomic mass is 15.2. The molecule has 20 heavy (non-hydrogen) atoms. The van der Waals surface area contributed by atoms with Crippen LogP contribution in [-0.4, -0.2) is 23.6 Å². The zero-order valence-corrected chi connectivity index (χ0v) is 12.0. The lowest BCUT2D eigenvalue weighted by Gasteiger charge is -2.20. The number of benzene rings is 1. The third-order valence-electron chi connectivity index (χ3n) is 3.11. The Morgan fingerprint density at radius 2 is 1.95 bits per heavy atom. The Morgan fingerprint density at radius 3 is 2.65 bits per heavy atom. The number of hydrogen-bond acceptors (Lipinski definition) is 5. The number of rotatable bonds is 6. The van der Waals surface area contributed by atoms with Crippen molar-refractivity contribution in [2.75, 3.05) is 29.5 Å². The Bertz CT molecular complexity index is 541. The van der Waals surface area contributed by atoms with E-state index < -0.39 is 0 Å². The van der Waals surface area contributed by atoms with Crippen molar-refractivity contribution in [2.45, 2.75) is 19.8 Å². The molecule has 1 aromatic carbocycles. The summed E-state index contributed by atoms with van der Waals surface area (Å²) in [6.07, 6.45) is 3.80. The van der Waals surface area contributed by atoms with Crippen molar-refractivity contribution in [1.29, 1.82) is 0 Å². The van der Waals surface area contributed by atoms with Gasteiger partial charge in [0.2, 0.25) is 0 Å². The van der Waals surface area contributed by atoms with E-state index in [9.17, 15) is 0 Å². The number of anilines is 4. The van der Waals surface area contributed by atoms with Crippen LogP contribution >= 0.6 is 0 Å². The van der Waals surface area contributed by atoms with Crippen LogP contribution in [0.3, 0.4) is 0 Å². The number of nitrogens with two attached hydrogens (primary N) is 1. The molecule has 2 rings (SSSR count). The zero-order chi connectivity index (χ0) is 14.4. The first-order valence-corrected chi connectivity index (χ1v) is 6.86. The van der Waals surface area contributed by atoms with E-state index in [1.54, 1.807) is 6.33 Å². The van der Waals surface area contributed by atoms with Gasteiger partial charge in [-0.1, -0.05) is 31.5 Å². The smallest absolute Gasteiger partial charge is 0.159 e. The Labute approximate surface area is 119 Å². The largest absolute Gasteiger partial charge is 0.393 e. The first kappa shape index (κ1) is 14.1. The molecule has 0 fully saturated rings. The van der Waals surface area contributed by atoms with Gasteiger partial charge in [0.15, 0.2) is 11.6 Å². The Kier molecular flexibility index (Phi) is 4.76. The van der Waals surface area contributed by atoms with Gasteiger partial charge in [-0.05, 0) is 18.6 Å². The van der Waals surface area contributed by atoms with Gasteiger partial charge in [-0.3, -0.25) is 0 Å². The Balaban J connectivity index is 2.19. The lowest BCUT2D eigenvalue weighted by Crippen LogP contribution is -2.21. The van der Waals surface area contributed by atoms with Crippen molar-refractivity contribution >= 4 is 23.0 Å². The van der Waals surface area contributed by atoms with E-state index >= 15 is 0 Å². The van der Waals surface area contributed by atoms with Gasteiger partial charge in [0.05, 0.1) is 0 Å². The molecule has 0 spiro atoms. The summed E-state index contributed by atoms with van der Waals surface area (Å²) in [6.45, 7) is 3.10. The fourth-order valence-corrected chi connectivity index (χ4v) is 1.95. The molecule has 0 saturated heterocycles. The molecule has 0 radical (unpaired) electrons. The van der Waals surface area contributed by atoms with E-state index in [1.165, 1.54) is 0 Å². The second-order valence-electron chi connectivity index (χ2n) is 4.73. The van der Waals surface area contributed by atoms with E-state index in [0.29, 0.717) is 11.5 Å². The molecular weight excluding hydrogens is 250 g/mol. The average Bonchev–Trinajstić information content (AvgIpc) is 2.48. The molecule has 5 heteroatoms. The highest BCUT2D eigenvalue weighted by Gasteiger charge is 2.11. The van der Waals surface area contributed by atoms with Gasteiger partial charge in [-0.15, -0.1) is 0 Å². The van der Waals surface area contributed by atoms with Gasteiger partial charge in [0.1, 0.15) is 12.0 Å². The van der Waals surface area contributed by atoms with Crippen LogP contribution in [0.25, 0.3) is 0 Å². The van der Waals surface area contributed by atoms with Crippen molar-refractivity contribution in [1.82, 2.24) is 9.97 Å². The number of nitrogens with zero attached hydrogens (tertiary/aromatic N) is 3. The maximum Gasteiger partial charge on any atom is 0.159 e. The molecule has 2 aromatic rings.